The predicted octanol–water partition coefficient (Wildman–Crippen LogP) is 0.704. The van der Waals surface area contributed by atoms with Crippen LogP contribution in [-0.2, 0) is 28.3 Å². The number of sulfonamides is 1. The number of carbonyl (C=O) groups excluding carboxylic acids is 1. The van der Waals surface area contributed by atoms with Gasteiger partial charge in [-0.25, -0.2) is 18.2 Å². The Kier molecular flexibility index (Phi) is 6.57. The van der Waals surface area contributed by atoms with Gasteiger partial charge in [0, 0.05) is 38.7 Å². The minimum Gasteiger partial charge on any atom is -0.492 e. The van der Waals surface area contributed by atoms with Crippen molar-refractivity contribution in [2.24, 2.45) is 7.05 Å². The molecule has 3 heterocycles. The number of imidazole rings is 1. The van der Waals surface area contributed by atoms with Crippen molar-refractivity contribution >= 4 is 32.8 Å². The minimum absolute atomic E-state index is 0.0199. The van der Waals surface area contributed by atoms with Gasteiger partial charge in [-0.05, 0) is 38.0 Å². The predicted molar refractivity (Wildman–Crippen MR) is 125 cm³/mol. The first-order chi connectivity index (χ1) is 16.2. The van der Waals surface area contributed by atoms with Crippen molar-refractivity contribution in [1.82, 2.24) is 23.8 Å². The number of nitrogens with zero attached hydrogens (tertiary/aromatic N) is 3. The molecule has 4 rings (SSSR count). The molecule has 0 aliphatic carbocycles. The second-order valence-electron chi connectivity index (χ2n) is 7.95. The Hall–Kier alpha value is -3.45. The average Bonchev–Trinajstić information content (AvgIpc) is 3.48. The Morgan fingerprint density at radius 1 is 1.21 bits per heavy atom. The second-order valence-corrected chi connectivity index (χ2v) is 9.86. The molecule has 1 amide bonds. The van der Waals surface area contributed by atoms with Crippen LogP contribution in [0.15, 0.2) is 32.7 Å². The van der Waals surface area contributed by atoms with E-state index in [2.05, 4.69) is 20.3 Å². The van der Waals surface area contributed by atoms with E-state index in [0.29, 0.717) is 31.2 Å². The maximum atomic E-state index is 13.1. The van der Waals surface area contributed by atoms with Crippen molar-refractivity contribution in [3.05, 3.63) is 44.9 Å². The van der Waals surface area contributed by atoms with Gasteiger partial charge >= 0.3 is 5.69 Å². The van der Waals surface area contributed by atoms with Crippen molar-refractivity contribution in [2.75, 3.05) is 25.0 Å². The number of ether oxygens (including phenoxy) is 1. The number of H-pyrrole nitrogens is 2. The van der Waals surface area contributed by atoms with E-state index < -0.39 is 21.3 Å². The summed E-state index contributed by atoms with van der Waals surface area (Å²) < 4.78 is 34.4. The highest BCUT2D eigenvalue weighted by Gasteiger charge is 2.30. The quantitative estimate of drug-likeness (QED) is 0.419. The van der Waals surface area contributed by atoms with Gasteiger partial charge in [0.05, 0.1) is 6.61 Å². The highest BCUT2D eigenvalue weighted by atomic mass is 32.2. The van der Waals surface area contributed by atoms with Crippen LogP contribution in [0.1, 0.15) is 32.0 Å². The summed E-state index contributed by atoms with van der Waals surface area (Å²) in [6.45, 7) is 2.98. The highest BCUT2D eigenvalue weighted by molar-refractivity contribution is 7.89. The van der Waals surface area contributed by atoms with Gasteiger partial charge in [0.1, 0.15) is 22.0 Å². The highest BCUT2D eigenvalue weighted by Crippen LogP contribution is 2.31. The lowest BCUT2D eigenvalue weighted by Crippen LogP contribution is -2.28. The van der Waals surface area contributed by atoms with Gasteiger partial charge < -0.3 is 15.0 Å². The summed E-state index contributed by atoms with van der Waals surface area (Å²) in [5, 5.41) is 2.71. The molecule has 0 unspecified atom stereocenters. The summed E-state index contributed by atoms with van der Waals surface area (Å²) >= 11 is 0. The molecular weight excluding hydrogens is 464 g/mol. The van der Waals surface area contributed by atoms with Crippen molar-refractivity contribution in [3.63, 3.8) is 0 Å². The molecule has 1 saturated heterocycles. The Bertz CT molecular complexity index is 1450. The van der Waals surface area contributed by atoms with Gasteiger partial charge in [-0.3, -0.25) is 19.1 Å². The van der Waals surface area contributed by atoms with Crippen LogP contribution in [0.5, 0.6) is 5.75 Å². The van der Waals surface area contributed by atoms with Gasteiger partial charge in [-0.2, -0.15) is 4.31 Å². The Morgan fingerprint density at radius 3 is 2.65 bits per heavy atom. The van der Waals surface area contributed by atoms with E-state index in [4.69, 9.17) is 4.74 Å². The number of carbonyl (C=O) groups is 1. The van der Waals surface area contributed by atoms with Crippen molar-refractivity contribution in [3.8, 4) is 5.75 Å². The molecule has 3 aromatic rings. The molecular formula is C21H26N6O6S. The fourth-order valence-corrected chi connectivity index (χ4v) is 5.53. The van der Waals surface area contributed by atoms with Crippen LogP contribution >= 0.6 is 0 Å². The number of hydrogen-bond donors (Lipinski definition) is 3. The summed E-state index contributed by atoms with van der Waals surface area (Å²) in [5.41, 5.74) is -0.478. The maximum Gasteiger partial charge on any atom is 0.329 e. The SMILES string of the molecule is CCOc1ccc(NC(=O)CCc2nc3c([nH]2)c(=O)[nH]c(=O)n3C)cc1S(=O)(=O)N1CCCC1. The topological polar surface area (TPSA) is 159 Å². The first-order valence-electron chi connectivity index (χ1n) is 11.0. The van der Waals surface area contributed by atoms with Gasteiger partial charge in [0.2, 0.25) is 15.9 Å². The largest absolute Gasteiger partial charge is 0.492 e. The Balaban J connectivity index is 1.50. The molecule has 2 aromatic heterocycles. The average molecular weight is 491 g/mol. The van der Waals surface area contributed by atoms with E-state index in [-0.39, 0.29) is 40.6 Å². The van der Waals surface area contributed by atoms with Gasteiger partial charge in [0.25, 0.3) is 5.56 Å². The van der Waals surface area contributed by atoms with Crippen LogP contribution in [0.4, 0.5) is 5.69 Å². The van der Waals surface area contributed by atoms with E-state index >= 15 is 0 Å². The zero-order valence-electron chi connectivity index (χ0n) is 18.9. The molecule has 1 fully saturated rings. The molecule has 13 heteroatoms. The first-order valence-corrected chi connectivity index (χ1v) is 12.4. The van der Waals surface area contributed by atoms with Crippen LogP contribution in [0.25, 0.3) is 11.2 Å². The molecule has 1 aliphatic rings. The lowest BCUT2D eigenvalue weighted by molar-refractivity contribution is -0.116. The van der Waals surface area contributed by atoms with E-state index in [1.807, 2.05) is 0 Å². The maximum absolute atomic E-state index is 13.1. The van der Waals surface area contributed by atoms with Crippen LogP contribution in [0, 0.1) is 0 Å². The number of rotatable bonds is 8. The molecule has 1 aromatic carbocycles. The third-order valence-corrected chi connectivity index (χ3v) is 7.52. The molecule has 1 aliphatic heterocycles. The number of aryl methyl sites for hydroxylation is 2. The Labute approximate surface area is 195 Å². The normalized spacial score (nSPS) is 14.5. The molecule has 34 heavy (non-hydrogen) atoms. The van der Waals surface area contributed by atoms with E-state index in [0.717, 1.165) is 12.8 Å². The summed E-state index contributed by atoms with van der Waals surface area (Å²) in [4.78, 5) is 45.5. The fraction of sp³-hybridized carbons (Fsp3) is 0.429. The molecule has 12 nitrogen and oxygen atoms in total. The van der Waals surface area contributed by atoms with Gasteiger partial charge in [-0.1, -0.05) is 0 Å². The summed E-state index contributed by atoms with van der Waals surface area (Å²) in [5.74, 6) is 0.253. The zero-order valence-corrected chi connectivity index (χ0v) is 19.7. The van der Waals surface area contributed by atoms with Crippen LogP contribution < -0.4 is 21.3 Å². The van der Waals surface area contributed by atoms with Crippen molar-refractivity contribution in [2.45, 2.75) is 37.5 Å². The smallest absolute Gasteiger partial charge is 0.329 e. The van der Waals surface area contributed by atoms with E-state index in [9.17, 15) is 22.8 Å². The third-order valence-electron chi connectivity index (χ3n) is 5.60. The van der Waals surface area contributed by atoms with Gasteiger partial charge in [-0.15, -0.1) is 0 Å². The number of amides is 1. The monoisotopic (exact) mass is 490 g/mol. The first kappa shape index (κ1) is 23.7. The number of hydrogen-bond acceptors (Lipinski definition) is 7. The number of benzene rings is 1. The van der Waals surface area contributed by atoms with Crippen molar-refractivity contribution < 1.29 is 17.9 Å². The molecule has 0 saturated carbocycles. The number of aromatic amines is 2. The molecule has 3 N–H and O–H groups in total. The van der Waals surface area contributed by atoms with E-state index in [1.54, 1.807) is 13.0 Å². The zero-order chi connectivity index (χ0) is 24.5. The lowest BCUT2D eigenvalue weighted by Gasteiger charge is -2.19. The number of aromatic nitrogens is 4. The van der Waals surface area contributed by atoms with Crippen LogP contribution in [0.3, 0.4) is 0 Å². The summed E-state index contributed by atoms with van der Waals surface area (Å²) in [7, 11) is -2.27. The molecule has 0 atom stereocenters. The molecule has 0 radical (unpaired) electrons. The second kappa shape index (κ2) is 9.43. The van der Waals surface area contributed by atoms with Crippen LogP contribution in [0.2, 0.25) is 0 Å². The van der Waals surface area contributed by atoms with Crippen LogP contribution in [-0.4, -0.2) is 57.8 Å². The van der Waals surface area contributed by atoms with E-state index in [1.165, 1.54) is 28.1 Å². The number of nitrogens with one attached hydrogen (secondary N) is 3. The molecule has 0 spiro atoms. The summed E-state index contributed by atoms with van der Waals surface area (Å²) in [6, 6.07) is 4.53. The van der Waals surface area contributed by atoms with Crippen molar-refractivity contribution in [1.29, 1.82) is 0 Å². The fourth-order valence-electron chi connectivity index (χ4n) is 3.86. The third kappa shape index (κ3) is 4.61. The molecule has 0 bridgehead atoms. The molecule has 182 valence electrons. The van der Waals surface area contributed by atoms with Gasteiger partial charge in [0.15, 0.2) is 5.65 Å². The Morgan fingerprint density at radius 2 is 1.94 bits per heavy atom. The standard InChI is InChI=1S/C21H26N6O6S/c1-3-33-14-7-6-13(12-15(14)34(31,32)27-10-4-5-11-27)22-17(28)9-8-16-23-18-19(24-16)26(2)21(30)25-20(18)29/h6-7,12H,3-5,8-11H2,1-2H3,(H,22,28)(H,23,24)(H,25,29,30). The minimum atomic E-state index is -3.75. The lowest BCUT2D eigenvalue weighted by atomic mass is 10.2. The number of fused-ring (bicyclic) bond motifs is 1. The summed E-state index contributed by atoms with van der Waals surface area (Å²) in [6.07, 6.45) is 1.82. The number of anilines is 1.